The van der Waals surface area contributed by atoms with Gasteiger partial charge in [0.25, 0.3) is 0 Å². The molecular formula is C25H41N7O. The standard InChI is InChI=1S/C25H41N7O/c1-4-11-32(12-5-2)24-18-21(19-27-30-23-17-20(3)9-10-22(23)26)28-25(29-24)33-16-15-31-13-7-6-8-14-31/h9-10,17-18,27,30H,4-8,11-16,19,26H2,1-3H3. The first-order chi connectivity index (χ1) is 16.1. The van der Waals surface area contributed by atoms with Crippen molar-refractivity contribution in [1.82, 2.24) is 20.3 Å². The number of piperidine rings is 1. The maximum Gasteiger partial charge on any atom is 0.318 e. The van der Waals surface area contributed by atoms with Crippen molar-refractivity contribution < 1.29 is 4.74 Å². The molecule has 0 aliphatic carbocycles. The van der Waals surface area contributed by atoms with Crippen LogP contribution in [-0.4, -0.2) is 54.2 Å². The normalized spacial score (nSPS) is 14.3. The van der Waals surface area contributed by atoms with E-state index in [9.17, 15) is 0 Å². The fraction of sp³-hybridized carbons (Fsp3) is 0.600. The summed E-state index contributed by atoms with van der Waals surface area (Å²) in [6.07, 6.45) is 6.03. The van der Waals surface area contributed by atoms with E-state index in [4.69, 9.17) is 15.5 Å². The number of likely N-dealkylation sites (tertiary alicyclic amines) is 1. The molecule has 0 atom stereocenters. The summed E-state index contributed by atoms with van der Waals surface area (Å²) in [5, 5.41) is 0. The molecule has 0 amide bonds. The molecule has 1 aromatic heterocycles. The van der Waals surface area contributed by atoms with E-state index in [0.717, 1.165) is 68.3 Å². The molecule has 1 aliphatic rings. The summed E-state index contributed by atoms with van der Waals surface area (Å²) in [7, 11) is 0. The highest BCUT2D eigenvalue weighted by atomic mass is 16.5. The van der Waals surface area contributed by atoms with Gasteiger partial charge in [-0.05, 0) is 63.4 Å². The predicted octanol–water partition coefficient (Wildman–Crippen LogP) is 3.98. The van der Waals surface area contributed by atoms with Gasteiger partial charge >= 0.3 is 6.01 Å². The zero-order chi connectivity index (χ0) is 23.5. The van der Waals surface area contributed by atoms with Gasteiger partial charge in [0, 0.05) is 25.7 Å². The minimum atomic E-state index is 0.452. The number of rotatable bonds is 13. The van der Waals surface area contributed by atoms with Crippen LogP contribution in [0.3, 0.4) is 0 Å². The number of aryl methyl sites for hydroxylation is 1. The van der Waals surface area contributed by atoms with E-state index >= 15 is 0 Å². The van der Waals surface area contributed by atoms with E-state index in [2.05, 4.69) is 45.5 Å². The Morgan fingerprint density at radius 2 is 1.82 bits per heavy atom. The second-order valence-corrected chi connectivity index (χ2v) is 8.81. The summed E-state index contributed by atoms with van der Waals surface area (Å²) in [5.74, 6) is 0.925. The predicted molar refractivity (Wildman–Crippen MR) is 137 cm³/mol. The second-order valence-electron chi connectivity index (χ2n) is 8.81. The number of benzene rings is 1. The van der Waals surface area contributed by atoms with Gasteiger partial charge < -0.3 is 20.8 Å². The van der Waals surface area contributed by atoms with Gasteiger partial charge in [0.1, 0.15) is 12.4 Å². The van der Waals surface area contributed by atoms with Crippen LogP contribution in [0, 0.1) is 6.92 Å². The third kappa shape index (κ3) is 8.05. The molecule has 0 spiro atoms. The minimum Gasteiger partial charge on any atom is -0.462 e. The van der Waals surface area contributed by atoms with Gasteiger partial charge in [0.15, 0.2) is 0 Å². The number of ether oxygens (including phenoxy) is 1. The molecule has 1 aromatic carbocycles. The lowest BCUT2D eigenvalue weighted by molar-refractivity contribution is 0.177. The number of anilines is 3. The fourth-order valence-corrected chi connectivity index (χ4v) is 4.11. The first-order valence-electron chi connectivity index (χ1n) is 12.4. The lowest BCUT2D eigenvalue weighted by atomic mass is 10.1. The molecule has 33 heavy (non-hydrogen) atoms. The molecule has 0 unspecified atom stereocenters. The molecule has 4 N–H and O–H groups in total. The van der Waals surface area contributed by atoms with Gasteiger partial charge in [0.05, 0.1) is 23.6 Å². The highest BCUT2D eigenvalue weighted by Crippen LogP contribution is 2.20. The molecular weight excluding hydrogens is 414 g/mol. The third-order valence-corrected chi connectivity index (χ3v) is 5.84. The average molecular weight is 456 g/mol. The molecule has 2 aromatic rings. The molecule has 8 heteroatoms. The molecule has 0 bridgehead atoms. The SMILES string of the molecule is CCCN(CCC)c1cc(CNNc2cc(C)ccc2N)nc(OCCN2CCCCC2)n1. The Morgan fingerprint density at radius 1 is 1.06 bits per heavy atom. The van der Waals surface area contributed by atoms with Crippen molar-refractivity contribution in [2.75, 3.05) is 55.4 Å². The smallest absolute Gasteiger partial charge is 0.318 e. The molecule has 0 radical (unpaired) electrons. The first kappa shape index (κ1) is 25.1. The van der Waals surface area contributed by atoms with E-state index in [0.29, 0.717) is 24.8 Å². The number of nitrogens with two attached hydrogens (primary N) is 1. The summed E-state index contributed by atoms with van der Waals surface area (Å²) in [4.78, 5) is 14.2. The van der Waals surface area contributed by atoms with Crippen molar-refractivity contribution in [2.24, 2.45) is 0 Å². The number of hydrazine groups is 1. The Kier molecular flexibility index (Phi) is 10.0. The third-order valence-electron chi connectivity index (χ3n) is 5.84. The number of aromatic nitrogens is 2. The van der Waals surface area contributed by atoms with Crippen LogP contribution >= 0.6 is 0 Å². The summed E-state index contributed by atoms with van der Waals surface area (Å²) in [6, 6.07) is 8.43. The Labute approximate surface area is 198 Å². The fourth-order valence-electron chi connectivity index (χ4n) is 4.11. The number of hydrogen-bond donors (Lipinski definition) is 3. The van der Waals surface area contributed by atoms with Crippen molar-refractivity contribution in [3.8, 4) is 6.01 Å². The van der Waals surface area contributed by atoms with Crippen molar-refractivity contribution in [2.45, 2.75) is 59.4 Å². The van der Waals surface area contributed by atoms with Crippen LogP contribution in [0.4, 0.5) is 17.2 Å². The van der Waals surface area contributed by atoms with Gasteiger partial charge in [0.2, 0.25) is 0 Å². The first-order valence-corrected chi connectivity index (χ1v) is 12.4. The van der Waals surface area contributed by atoms with Gasteiger partial charge in [-0.15, -0.1) is 0 Å². The van der Waals surface area contributed by atoms with Gasteiger partial charge in [-0.3, -0.25) is 4.90 Å². The Hall–Kier alpha value is -2.58. The molecule has 1 fully saturated rings. The van der Waals surface area contributed by atoms with Crippen molar-refractivity contribution in [3.63, 3.8) is 0 Å². The summed E-state index contributed by atoms with van der Waals surface area (Å²) < 4.78 is 6.04. The lowest BCUT2D eigenvalue weighted by Crippen LogP contribution is -2.33. The molecule has 182 valence electrons. The molecule has 1 saturated heterocycles. The average Bonchev–Trinajstić information content (AvgIpc) is 2.82. The molecule has 1 aliphatic heterocycles. The van der Waals surface area contributed by atoms with Crippen LogP contribution < -0.4 is 26.2 Å². The van der Waals surface area contributed by atoms with E-state index in [1.54, 1.807) is 0 Å². The van der Waals surface area contributed by atoms with Crippen LogP contribution in [0.2, 0.25) is 0 Å². The van der Waals surface area contributed by atoms with Crippen molar-refractivity contribution in [3.05, 3.63) is 35.5 Å². The largest absolute Gasteiger partial charge is 0.462 e. The van der Waals surface area contributed by atoms with E-state index in [1.165, 1.54) is 19.3 Å². The maximum absolute atomic E-state index is 6.08. The van der Waals surface area contributed by atoms with Gasteiger partial charge in [-0.1, -0.05) is 26.3 Å². The van der Waals surface area contributed by atoms with Crippen molar-refractivity contribution >= 4 is 17.2 Å². The number of nitrogens with zero attached hydrogens (tertiary/aromatic N) is 4. The van der Waals surface area contributed by atoms with E-state index in [1.807, 2.05) is 25.1 Å². The molecule has 8 nitrogen and oxygen atoms in total. The topological polar surface area (TPSA) is 91.6 Å². The van der Waals surface area contributed by atoms with Gasteiger partial charge in [-0.25, -0.2) is 5.43 Å². The highest BCUT2D eigenvalue weighted by molar-refractivity contribution is 5.66. The maximum atomic E-state index is 6.08. The number of nitrogen functional groups attached to an aromatic ring is 1. The summed E-state index contributed by atoms with van der Waals surface area (Å²) in [6.45, 7) is 12.7. The van der Waals surface area contributed by atoms with E-state index < -0.39 is 0 Å². The quantitative estimate of drug-likeness (QED) is 0.309. The van der Waals surface area contributed by atoms with Crippen molar-refractivity contribution in [1.29, 1.82) is 0 Å². The second kappa shape index (κ2) is 13.2. The minimum absolute atomic E-state index is 0.452. The lowest BCUT2D eigenvalue weighted by Gasteiger charge is -2.26. The zero-order valence-corrected chi connectivity index (χ0v) is 20.6. The van der Waals surface area contributed by atoms with Gasteiger partial charge in [-0.2, -0.15) is 9.97 Å². The van der Waals surface area contributed by atoms with Crippen LogP contribution in [0.1, 0.15) is 57.2 Å². The Morgan fingerprint density at radius 3 is 2.55 bits per heavy atom. The van der Waals surface area contributed by atoms with Crippen LogP contribution in [0.15, 0.2) is 24.3 Å². The Bertz CT molecular complexity index is 849. The van der Waals surface area contributed by atoms with Crippen LogP contribution in [-0.2, 0) is 6.54 Å². The molecule has 0 saturated carbocycles. The monoisotopic (exact) mass is 455 g/mol. The number of nitrogens with one attached hydrogen (secondary N) is 2. The van der Waals surface area contributed by atoms with Crippen LogP contribution in [0.25, 0.3) is 0 Å². The Balaban J connectivity index is 1.67. The van der Waals surface area contributed by atoms with E-state index in [-0.39, 0.29) is 0 Å². The zero-order valence-electron chi connectivity index (χ0n) is 20.6. The number of hydrogen-bond acceptors (Lipinski definition) is 8. The summed E-state index contributed by atoms with van der Waals surface area (Å²) in [5.41, 5.74) is 16.1. The summed E-state index contributed by atoms with van der Waals surface area (Å²) >= 11 is 0. The molecule has 2 heterocycles. The molecule has 3 rings (SSSR count). The van der Waals surface area contributed by atoms with Crippen LogP contribution in [0.5, 0.6) is 6.01 Å². The highest BCUT2D eigenvalue weighted by Gasteiger charge is 2.14.